The Balaban J connectivity index is 2.87. The van der Waals surface area contributed by atoms with E-state index in [1.54, 1.807) is 19.9 Å². The Kier molecular flexibility index (Phi) is 3.67. The van der Waals surface area contributed by atoms with E-state index in [1.165, 1.54) is 12.1 Å². The summed E-state index contributed by atoms with van der Waals surface area (Å²) in [5.41, 5.74) is 1.40. The summed E-state index contributed by atoms with van der Waals surface area (Å²) in [6.45, 7) is 3.51. The number of rotatable bonds is 2. The Labute approximate surface area is 83.6 Å². The van der Waals surface area contributed by atoms with E-state index in [2.05, 4.69) is 11.8 Å². The summed E-state index contributed by atoms with van der Waals surface area (Å²) in [5.74, 6) is 5.14. The third kappa shape index (κ3) is 2.86. The van der Waals surface area contributed by atoms with Gasteiger partial charge in [-0.3, -0.25) is 0 Å². The van der Waals surface area contributed by atoms with Crippen LogP contribution in [-0.4, -0.2) is 5.11 Å². The molecule has 0 aromatic heterocycles. The number of hydrogen-bond donors (Lipinski definition) is 1. The molecule has 1 N–H and O–H groups in total. The molecular weight excluding hydrogens is 179 g/mol. The molecule has 1 aromatic carbocycles. The zero-order valence-corrected chi connectivity index (χ0v) is 8.34. The number of aliphatic hydroxyl groups excluding tert-OH is 1. The molecule has 0 spiro atoms. The third-order valence-electron chi connectivity index (χ3n) is 1.92. The quantitative estimate of drug-likeness (QED) is 0.714. The number of halogens is 1. The summed E-state index contributed by atoms with van der Waals surface area (Å²) in [5, 5.41) is 9.63. The number of hydrogen-bond acceptors (Lipinski definition) is 1. The largest absolute Gasteiger partial charge is 0.387 e. The molecule has 1 rings (SSSR count). The molecule has 0 amide bonds. The zero-order chi connectivity index (χ0) is 10.6. The average Bonchev–Trinajstić information content (AvgIpc) is 2.12. The number of aryl methyl sites for hydroxylation is 1. The normalized spacial score (nSPS) is 11.7. The van der Waals surface area contributed by atoms with Gasteiger partial charge in [-0.1, -0.05) is 6.07 Å². The van der Waals surface area contributed by atoms with Crippen molar-refractivity contribution in [3.63, 3.8) is 0 Å². The summed E-state index contributed by atoms with van der Waals surface area (Å²) in [7, 11) is 0. The molecule has 0 aliphatic carbocycles. The lowest BCUT2D eigenvalue weighted by molar-refractivity contribution is 0.183. The van der Waals surface area contributed by atoms with Gasteiger partial charge in [0.15, 0.2) is 0 Å². The van der Waals surface area contributed by atoms with Crippen LogP contribution in [-0.2, 0) is 0 Å². The Bertz CT molecular complexity index is 353. The molecule has 0 saturated carbocycles. The maximum Gasteiger partial charge on any atom is 0.123 e. The van der Waals surface area contributed by atoms with Crippen molar-refractivity contribution in [2.75, 3.05) is 0 Å². The molecule has 0 radical (unpaired) electrons. The second kappa shape index (κ2) is 4.78. The summed E-state index contributed by atoms with van der Waals surface area (Å²) in [6.07, 6.45) is -0.351. The van der Waals surface area contributed by atoms with Crippen molar-refractivity contribution in [2.45, 2.75) is 26.4 Å². The summed E-state index contributed by atoms with van der Waals surface area (Å²) < 4.78 is 13.0. The lowest BCUT2D eigenvalue weighted by Crippen LogP contribution is -1.97. The van der Waals surface area contributed by atoms with Crippen molar-refractivity contribution >= 4 is 0 Å². The van der Waals surface area contributed by atoms with Crippen LogP contribution in [0.15, 0.2) is 18.2 Å². The van der Waals surface area contributed by atoms with Crippen molar-refractivity contribution in [3.8, 4) is 11.8 Å². The third-order valence-corrected chi connectivity index (χ3v) is 1.92. The van der Waals surface area contributed by atoms with E-state index < -0.39 is 6.10 Å². The van der Waals surface area contributed by atoms with E-state index >= 15 is 0 Å². The van der Waals surface area contributed by atoms with Crippen LogP contribution in [0.5, 0.6) is 0 Å². The molecule has 0 saturated heterocycles. The molecule has 1 atom stereocenters. The highest BCUT2D eigenvalue weighted by atomic mass is 19.1. The van der Waals surface area contributed by atoms with Gasteiger partial charge in [-0.15, -0.1) is 11.8 Å². The molecule has 0 aliphatic rings. The summed E-state index contributed by atoms with van der Waals surface area (Å²) in [6, 6.07) is 4.54. The highest BCUT2D eigenvalue weighted by molar-refractivity contribution is 5.26. The highest BCUT2D eigenvalue weighted by Gasteiger charge is 2.07. The van der Waals surface area contributed by atoms with Gasteiger partial charge < -0.3 is 5.11 Å². The van der Waals surface area contributed by atoms with Crippen LogP contribution in [0.1, 0.15) is 30.6 Å². The lowest BCUT2D eigenvalue weighted by atomic mass is 10.0. The molecule has 0 fully saturated rings. The smallest absolute Gasteiger partial charge is 0.123 e. The van der Waals surface area contributed by atoms with Gasteiger partial charge in [-0.2, -0.15) is 0 Å². The molecule has 2 heteroatoms. The van der Waals surface area contributed by atoms with Gasteiger partial charge in [0.2, 0.25) is 0 Å². The van der Waals surface area contributed by atoms with E-state index in [-0.39, 0.29) is 5.82 Å². The fourth-order valence-electron chi connectivity index (χ4n) is 1.27. The van der Waals surface area contributed by atoms with Crippen LogP contribution >= 0.6 is 0 Å². The zero-order valence-electron chi connectivity index (χ0n) is 8.34. The molecule has 1 aromatic rings. The summed E-state index contributed by atoms with van der Waals surface area (Å²) >= 11 is 0. The van der Waals surface area contributed by atoms with Crippen molar-refractivity contribution in [2.24, 2.45) is 0 Å². The van der Waals surface area contributed by atoms with Crippen molar-refractivity contribution in [1.29, 1.82) is 0 Å². The van der Waals surface area contributed by atoms with Crippen molar-refractivity contribution < 1.29 is 9.50 Å². The maximum absolute atomic E-state index is 13.0. The van der Waals surface area contributed by atoms with Gasteiger partial charge in [-0.25, -0.2) is 4.39 Å². The van der Waals surface area contributed by atoms with Crippen LogP contribution in [0.25, 0.3) is 0 Å². The van der Waals surface area contributed by atoms with Gasteiger partial charge in [0.1, 0.15) is 5.82 Å². The molecule has 0 bridgehead atoms. The second-order valence-electron chi connectivity index (χ2n) is 3.21. The van der Waals surface area contributed by atoms with E-state index in [4.69, 9.17) is 0 Å². The lowest BCUT2D eigenvalue weighted by Gasteiger charge is -2.08. The van der Waals surface area contributed by atoms with Crippen LogP contribution in [0, 0.1) is 24.6 Å². The van der Waals surface area contributed by atoms with Crippen LogP contribution < -0.4 is 0 Å². The Morgan fingerprint density at radius 3 is 2.71 bits per heavy atom. The van der Waals surface area contributed by atoms with Gasteiger partial charge in [0.05, 0.1) is 6.10 Å². The molecular formula is C12H13FO. The van der Waals surface area contributed by atoms with Gasteiger partial charge >= 0.3 is 0 Å². The summed E-state index contributed by atoms with van der Waals surface area (Å²) in [4.78, 5) is 0. The first kappa shape index (κ1) is 10.7. The minimum Gasteiger partial charge on any atom is -0.387 e. The molecule has 0 aliphatic heterocycles. The molecule has 1 unspecified atom stereocenters. The number of aliphatic hydroxyl groups is 1. The average molecular weight is 192 g/mol. The predicted octanol–water partition coefficient (Wildman–Crippen LogP) is 2.58. The first-order valence-corrected chi connectivity index (χ1v) is 4.48. The SMILES string of the molecule is CC#CCC(O)c1cc(C)cc(F)c1. The van der Waals surface area contributed by atoms with Gasteiger partial charge in [0, 0.05) is 6.42 Å². The first-order chi connectivity index (χ1) is 6.63. The Morgan fingerprint density at radius 1 is 1.43 bits per heavy atom. The highest BCUT2D eigenvalue weighted by Crippen LogP contribution is 2.18. The van der Waals surface area contributed by atoms with E-state index in [0.717, 1.165) is 5.56 Å². The van der Waals surface area contributed by atoms with Gasteiger partial charge in [-0.05, 0) is 37.1 Å². The number of benzene rings is 1. The van der Waals surface area contributed by atoms with Crippen molar-refractivity contribution in [1.82, 2.24) is 0 Å². The van der Waals surface area contributed by atoms with Crippen LogP contribution in [0.4, 0.5) is 4.39 Å². The van der Waals surface area contributed by atoms with Crippen LogP contribution in [0.2, 0.25) is 0 Å². The standard InChI is InChI=1S/C12H13FO/c1-3-4-5-12(14)10-6-9(2)7-11(13)8-10/h6-8,12,14H,5H2,1-2H3. The minimum atomic E-state index is -0.697. The molecule has 0 heterocycles. The van der Waals surface area contributed by atoms with E-state index in [0.29, 0.717) is 12.0 Å². The Hall–Kier alpha value is -1.33. The van der Waals surface area contributed by atoms with E-state index in [1.807, 2.05) is 0 Å². The monoisotopic (exact) mass is 192 g/mol. The van der Waals surface area contributed by atoms with Crippen molar-refractivity contribution in [3.05, 3.63) is 35.1 Å². The fourth-order valence-corrected chi connectivity index (χ4v) is 1.27. The first-order valence-electron chi connectivity index (χ1n) is 4.48. The topological polar surface area (TPSA) is 20.2 Å². The second-order valence-corrected chi connectivity index (χ2v) is 3.21. The minimum absolute atomic E-state index is 0.316. The van der Waals surface area contributed by atoms with Crippen LogP contribution in [0.3, 0.4) is 0 Å². The Morgan fingerprint density at radius 2 is 2.14 bits per heavy atom. The molecule has 74 valence electrons. The molecule has 1 nitrogen and oxygen atoms in total. The maximum atomic E-state index is 13.0. The predicted molar refractivity (Wildman–Crippen MR) is 54.2 cm³/mol. The van der Waals surface area contributed by atoms with Gasteiger partial charge in [0.25, 0.3) is 0 Å². The fraction of sp³-hybridized carbons (Fsp3) is 0.333. The molecule has 14 heavy (non-hydrogen) atoms. The van der Waals surface area contributed by atoms with E-state index in [9.17, 15) is 9.50 Å².